The SMILES string of the molecule is CCOc1cc(CNc2ccc(OC)c(Cl)c2)cc(Cl)c1OC(C)C. The zero-order valence-corrected chi connectivity index (χ0v) is 16.4. The normalized spacial score (nSPS) is 10.7. The Morgan fingerprint density at radius 1 is 1.04 bits per heavy atom. The highest BCUT2D eigenvalue weighted by Crippen LogP contribution is 2.37. The monoisotopic (exact) mass is 383 g/mol. The number of methoxy groups -OCH3 is 1. The van der Waals surface area contributed by atoms with Crippen LogP contribution in [0.1, 0.15) is 26.3 Å². The minimum atomic E-state index is 0.0159. The lowest BCUT2D eigenvalue weighted by Crippen LogP contribution is -2.09. The number of nitrogens with one attached hydrogen (secondary N) is 1. The van der Waals surface area contributed by atoms with Gasteiger partial charge in [-0.2, -0.15) is 0 Å². The lowest BCUT2D eigenvalue weighted by Gasteiger charge is -2.17. The zero-order chi connectivity index (χ0) is 18.4. The Hall–Kier alpha value is -1.78. The zero-order valence-electron chi connectivity index (χ0n) is 14.9. The molecule has 0 saturated heterocycles. The minimum Gasteiger partial charge on any atom is -0.495 e. The van der Waals surface area contributed by atoms with E-state index in [0.29, 0.717) is 40.4 Å². The van der Waals surface area contributed by atoms with E-state index in [1.165, 1.54) is 0 Å². The average molecular weight is 384 g/mol. The number of hydrogen-bond acceptors (Lipinski definition) is 4. The van der Waals surface area contributed by atoms with Gasteiger partial charge in [-0.1, -0.05) is 23.2 Å². The first-order chi connectivity index (χ1) is 11.9. The maximum Gasteiger partial charge on any atom is 0.180 e. The van der Waals surface area contributed by atoms with Crippen molar-refractivity contribution in [2.24, 2.45) is 0 Å². The summed E-state index contributed by atoms with van der Waals surface area (Å²) in [5.74, 6) is 1.87. The molecule has 0 aliphatic heterocycles. The van der Waals surface area contributed by atoms with E-state index in [-0.39, 0.29) is 6.10 Å². The lowest BCUT2D eigenvalue weighted by atomic mass is 10.2. The van der Waals surface area contributed by atoms with Crippen LogP contribution in [0.15, 0.2) is 30.3 Å². The molecule has 0 aromatic heterocycles. The van der Waals surface area contributed by atoms with Gasteiger partial charge < -0.3 is 19.5 Å². The highest BCUT2D eigenvalue weighted by Gasteiger charge is 2.14. The Kier molecular flexibility index (Phi) is 7.09. The summed E-state index contributed by atoms with van der Waals surface area (Å²) in [4.78, 5) is 0. The van der Waals surface area contributed by atoms with Crippen molar-refractivity contribution in [3.05, 3.63) is 45.9 Å². The molecule has 1 N–H and O–H groups in total. The van der Waals surface area contributed by atoms with E-state index in [1.807, 2.05) is 51.1 Å². The van der Waals surface area contributed by atoms with E-state index in [0.717, 1.165) is 11.3 Å². The second-order valence-electron chi connectivity index (χ2n) is 5.71. The highest BCUT2D eigenvalue weighted by atomic mass is 35.5. The van der Waals surface area contributed by atoms with Crippen LogP contribution in [0, 0.1) is 0 Å². The summed E-state index contributed by atoms with van der Waals surface area (Å²) < 4.78 is 16.6. The molecule has 0 unspecified atom stereocenters. The number of rotatable bonds is 8. The fourth-order valence-electron chi connectivity index (χ4n) is 2.32. The predicted octanol–water partition coefficient (Wildman–Crippen LogP) is 5.80. The van der Waals surface area contributed by atoms with Crippen molar-refractivity contribution in [2.75, 3.05) is 19.0 Å². The van der Waals surface area contributed by atoms with Gasteiger partial charge in [0, 0.05) is 12.2 Å². The molecule has 136 valence electrons. The molecule has 0 fully saturated rings. The van der Waals surface area contributed by atoms with Crippen molar-refractivity contribution < 1.29 is 14.2 Å². The van der Waals surface area contributed by atoms with Gasteiger partial charge in [-0.05, 0) is 56.7 Å². The number of hydrogen-bond donors (Lipinski definition) is 1. The quantitative estimate of drug-likeness (QED) is 0.624. The molecule has 0 saturated carbocycles. The van der Waals surface area contributed by atoms with Gasteiger partial charge in [0.05, 0.1) is 29.9 Å². The smallest absolute Gasteiger partial charge is 0.180 e. The van der Waals surface area contributed by atoms with Crippen LogP contribution in [0.3, 0.4) is 0 Å². The Labute approximate surface area is 159 Å². The van der Waals surface area contributed by atoms with Crippen LogP contribution in [0.2, 0.25) is 10.0 Å². The van der Waals surface area contributed by atoms with Gasteiger partial charge in [0.1, 0.15) is 5.75 Å². The van der Waals surface area contributed by atoms with Crippen molar-refractivity contribution >= 4 is 28.9 Å². The molecule has 25 heavy (non-hydrogen) atoms. The summed E-state index contributed by atoms with van der Waals surface area (Å²) in [6.45, 7) is 6.95. The summed E-state index contributed by atoms with van der Waals surface area (Å²) in [6.07, 6.45) is 0.0159. The largest absolute Gasteiger partial charge is 0.495 e. The van der Waals surface area contributed by atoms with Crippen LogP contribution in [0.5, 0.6) is 17.2 Å². The number of ether oxygens (including phenoxy) is 3. The molecular weight excluding hydrogens is 361 g/mol. The van der Waals surface area contributed by atoms with Gasteiger partial charge in [-0.3, -0.25) is 0 Å². The highest BCUT2D eigenvalue weighted by molar-refractivity contribution is 6.32. The summed E-state index contributed by atoms with van der Waals surface area (Å²) in [5, 5.41) is 4.40. The first kappa shape index (κ1) is 19.5. The molecule has 2 aromatic carbocycles. The standard InChI is InChI=1S/C19H23Cl2NO3/c1-5-24-18-9-13(8-16(21)19(18)25-12(2)3)11-22-14-6-7-17(23-4)15(20)10-14/h6-10,12,22H,5,11H2,1-4H3. The van der Waals surface area contributed by atoms with Crippen LogP contribution in [-0.4, -0.2) is 19.8 Å². The van der Waals surface area contributed by atoms with Crippen LogP contribution in [0.4, 0.5) is 5.69 Å². The summed E-state index contributed by atoms with van der Waals surface area (Å²) in [6, 6.07) is 9.36. The summed E-state index contributed by atoms with van der Waals surface area (Å²) >= 11 is 12.5. The topological polar surface area (TPSA) is 39.7 Å². The van der Waals surface area contributed by atoms with Crippen molar-refractivity contribution in [2.45, 2.75) is 33.4 Å². The molecule has 0 spiro atoms. The van der Waals surface area contributed by atoms with Crippen molar-refractivity contribution in [3.8, 4) is 17.2 Å². The molecule has 0 radical (unpaired) electrons. The van der Waals surface area contributed by atoms with E-state index in [9.17, 15) is 0 Å². The predicted molar refractivity (Wildman–Crippen MR) is 104 cm³/mol. The second kappa shape index (κ2) is 9.07. The minimum absolute atomic E-state index is 0.0159. The Balaban J connectivity index is 2.17. The van der Waals surface area contributed by atoms with Crippen LogP contribution in [0.25, 0.3) is 0 Å². The molecule has 0 amide bonds. The van der Waals surface area contributed by atoms with E-state index in [2.05, 4.69) is 5.32 Å². The number of anilines is 1. The van der Waals surface area contributed by atoms with Crippen molar-refractivity contribution in [3.63, 3.8) is 0 Å². The van der Waals surface area contributed by atoms with Gasteiger partial charge in [-0.15, -0.1) is 0 Å². The van der Waals surface area contributed by atoms with Crippen molar-refractivity contribution in [1.29, 1.82) is 0 Å². The molecule has 2 aromatic rings. The third kappa shape index (κ3) is 5.35. The molecule has 2 rings (SSSR count). The molecule has 0 atom stereocenters. The van der Waals surface area contributed by atoms with Gasteiger partial charge in [0.25, 0.3) is 0 Å². The number of halogens is 2. The van der Waals surface area contributed by atoms with Crippen LogP contribution in [-0.2, 0) is 6.54 Å². The van der Waals surface area contributed by atoms with Gasteiger partial charge in [0.2, 0.25) is 0 Å². The van der Waals surface area contributed by atoms with E-state index >= 15 is 0 Å². The van der Waals surface area contributed by atoms with Crippen LogP contribution >= 0.6 is 23.2 Å². The fourth-order valence-corrected chi connectivity index (χ4v) is 2.85. The third-order valence-corrected chi connectivity index (χ3v) is 3.95. The summed E-state index contributed by atoms with van der Waals surface area (Å²) in [5.41, 5.74) is 1.87. The second-order valence-corrected chi connectivity index (χ2v) is 6.52. The Bertz CT molecular complexity index is 720. The Morgan fingerprint density at radius 3 is 2.40 bits per heavy atom. The van der Waals surface area contributed by atoms with Crippen molar-refractivity contribution in [1.82, 2.24) is 0 Å². The molecule has 0 aliphatic rings. The lowest BCUT2D eigenvalue weighted by molar-refractivity contribution is 0.224. The van der Waals surface area contributed by atoms with Gasteiger partial charge >= 0.3 is 0 Å². The van der Waals surface area contributed by atoms with Crippen LogP contribution < -0.4 is 19.5 Å². The fraction of sp³-hybridized carbons (Fsp3) is 0.368. The molecule has 0 heterocycles. The van der Waals surface area contributed by atoms with E-state index in [1.54, 1.807) is 7.11 Å². The first-order valence-corrected chi connectivity index (χ1v) is 8.89. The summed E-state index contributed by atoms with van der Waals surface area (Å²) in [7, 11) is 1.59. The van der Waals surface area contributed by atoms with Gasteiger partial charge in [-0.25, -0.2) is 0 Å². The molecular formula is C19H23Cl2NO3. The Morgan fingerprint density at radius 2 is 1.80 bits per heavy atom. The molecule has 6 heteroatoms. The average Bonchev–Trinajstić information content (AvgIpc) is 2.56. The molecule has 4 nitrogen and oxygen atoms in total. The first-order valence-electron chi connectivity index (χ1n) is 8.13. The maximum absolute atomic E-state index is 6.39. The van der Waals surface area contributed by atoms with E-state index < -0.39 is 0 Å². The molecule has 0 bridgehead atoms. The van der Waals surface area contributed by atoms with Gasteiger partial charge in [0.15, 0.2) is 11.5 Å². The molecule has 0 aliphatic carbocycles. The van der Waals surface area contributed by atoms with E-state index in [4.69, 9.17) is 37.4 Å². The third-order valence-electron chi connectivity index (χ3n) is 3.37. The number of benzene rings is 2. The maximum atomic E-state index is 6.39.